The van der Waals surface area contributed by atoms with Gasteiger partial charge in [-0.15, -0.1) is 24.0 Å². The average molecular weight is 456 g/mol. The second kappa shape index (κ2) is 9.65. The minimum Gasteiger partial charge on any atom is -0.378 e. The van der Waals surface area contributed by atoms with Gasteiger partial charge in [0.2, 0.25) is 0 Å². The van der Waals surface area contributed by atoms with Crippen LogP contribution in [0, 0.1) is 13.8 Å². The van der Waals surface area contributed by atoms with Crippen molar-refractivity contribution in [1.82, 2.24) is 20.4 Å². The van der Waals surface area contributed by atoms with E-state index < -0.39 is 0 Å². The van der Waals surface area contributed by atoms with Crippen LogP contribution < -0.4 is 15.5 Å². The van der Waals surface area contributed by atoms with Crippen LogP contribution in [-0.4, -0.2) is 36.9 Å². The molecule has 138 valence electrons. The highest BCUT2D eigenvalue weighted by Gasteiger charge is 2.09. The van der Waals surface area contributed by atoms with Crippen LogP contribution in [0.4, 0.5) is 5.69 Å². The number of hydrogen-bond donors (Lipinski definition) is 2. The number of aromatic nitrogens is 2. The molecule has 0 aliphatic carbocycles. The van der Waals surface area contributed by atoms with E-state index in [9.17, 15) is 0 Å². The Morgan fingerprint density at radius 3 is 2.44 bits per heavy atom. The molecule has 0 aliphatic rings. The molecule has 0 amide bonds. The molecule has 0 spiro atoms. The van der Waals surface area contributed by atoms with Crippen LogP contribution in [0.25, 0.3) is 0 Å². The van der Waals surface area contributed by atoms with Crippen molar-refractivity contribution in [2.45, 2.75) is 26.9 Å². The molecule has 0 unspecified atom stereocenters. The van der Waals surface area contributed by atoms with Gasteiger partial charge in [0.25, 0.3) is 0 Å². The third-order valence-electron chi connectivity index (χ3n) is 4.20. The molecular weight excluding hydrogens is 427 g/mol. The van der Waals surface area contributed by atoms with E-state index in [1.54, 1.807) is 7.05 Å². The van der Waals surface area contributed by atoms with Crippen molar-refractivity contribution in [3.8, 4) is 0 Å². The number of nitrogens with one attached hydrogen (secondary N) is 2. The first-order valence-corrected chi connectivity index (χ1v) is 8.12. The first-order chi connectivity index (χ1) is 11.4. The third-order valence-corrected chi connectivity index (χ3v) is 4.20. The van der Waals surface area contributed by atoms with Crippen LogP contribution in [0.2, 0.25) is 0 Å². The van der Waals surface area contributed by atoms with Gasteiger partial charge in [0, 0.05) is 58.2 Å². The molecule has 0 radical (unpaired) electrons. The van der Waals surface area contributed by atoms with E-state index in [0.29, 0.717) is 6.54 Å². The van der Waals surface area contributed by atoms with Crippen molar-refractivity contribution < 1.29 is 0 Å². The van der Waals surface area contributed by atoms with Crippen molar-refractivity contribution in [3.05, 3.63) is 46.8 Å². The lowest BCUT2D eigenvalue weighted by Crippen LogP contribution is -2.36. The second-order valence-corrected chi connectivity index (χ2v) is 6.12. The van der Waals surface area contributed by atoms with Crippen LogP contribution in [0.3, 0.4) is 0 Å². The van der Waals surface area contributed by atoms with Gasteiger partial charge in [0.1, 0.15) is 0 Å². The number of benzene rings is 1. The molecule has 0 atom stereocenters. The van der Waals surface area contributed by atoms with Crippen molar-refractivity contribution >= 4 is 35.6 Å². The van der Waals surface area contributed by atoms with Crippen LogP contribution in [0.1, 0.15) is 22.5 Å². The van der Waals surface area contributed by atoms with Gasteiger partial charge in [-0.1, -0.05) is 12.1 Å². The van der Waals surface area contributed by atoms with Gasteiger partial charge in [0.15, 0.2) is 5.96 Å². The van der Waals surface area contributed by atoms with E-state index in [0.717, 1.165) is 18.2 Å². The maximum absolute atomic E-state index is 4.45. The van der Waals surface area contributed by atoms with Crippen LogP contribution in [0.5, 0.6) is 0 Å². The summed E-state index contributed by atoms with van der Waals surface area (Å²) >= 11 is 0. The standard InChI is InChI=1S/C18H28N6.HI/c1-13-17(14(2)24(6)22-13)12-21-18(19-3)20-11-15-8-7-9-16(10-15)23(4)5;/h7-10H,11-12H2,1-6H3,(H2,19,20,21);1H. The summed E-state index contributed by atoms with van der Waals surface area (Å²) in [7, 11) is 7.85. The summed E-state index contributed by atoms with van der Waals surface area (Å²) in [5.41, 5.74) is 5.86. The zero-order valence-electron chi connectivity index (χ0n) is 15.9. The van der Waals surface area contributed by atoms with Crippen LogP contribution in [0.15, 0.2) is 29.3 Å². The summed E-state index contributed by atoms with van der Waals surface area (Å²) in [6.45, 7) is 5.56. The van der Waals surface area contributed by atoms with E-state index >= 15 is 0 Å². The lowest BCUT2D eigenvalue weighted by atomic mass is 10.2. The van der Waals surface area contributed by atoms with Gasteiger partial charge in [-0.2, -0.15) is 5.10 Å². The van der Waals surface area contributed by atoms with Gasteiger partial charge < -0.3 is 15.5 Å². The van der Waals surface area contributed by atoms with Crippen LogP contribution in [-0.2, 0) is 20.1 Å². The Labute approximate surface area is 167 Å². The molecule has 25 heavy (non-hydrogen) atoms. The Morgan fingerprint density at radius 2 is 1.88 bits per heavy atom. The minimum atomic E-state index is 0. The topological polar surface area (TPSA) is 57.5 Å². The molecule has 0 bridgehead atoms. The van der Waals surface area contributed by atoms with E-state index in [2.05, 4.69) is 56.8 Å². The fourth-order valence-corrected chi connectivity index (χ4v) is 2.60. The Hall–Kier alpha value is -1.77. The monoisotopic (exact) mass is 456 g/mol. The number of aliphatic imine (C=N–C) groups is 1. The zero-order valence-corrected chi connectivity index (χ0v) is 18.3. The number of halogens is 1. The predicted molar refractivity (Wildman–Crippen MR) is 116 cm³/mol. The second-order valence-electron chi connectivity index (χ2n) is 6.12. The average Bonchev–Trinajstić information content (AvgIpc) is 2.81. The lowest BCUT2D eigenvalue weighted by molar-refractivity contribution is 0.728. The van der Waals surface area contributed by atoms with Gasteiger partial charge >= 0.3 is 0 Å². The Kier molecular flexibility index (Phi) is 8.21. The highest BCUT2D eigenvalue weighted by Crippen LogP contribution is 2.13. The molecule has 2 N–H and O–H groups in total. The van der Waals surface area contributed by atoms with Gasteiger partial charge in [-0.3, -0.25) is 9.67 Å². The molecule has 0 saturated heterocycles. The van der Waals surface area contributed by atoms with E-state index in [-0.39, 0.29) is 24.0 Å². The molecule has 2 rings (SSSR count). The molecule has 1 aromatic carbocycles. The summed E-state index contributed by atoms with van der Waals surface area (Å²) in [4.78, 5) is 6.40. The summed E-state index contributed by atoms with van der Waals surface area (Å²) in [6, 6.07) is 8.47. The quantitative estimate of drug-likeness (QED) is 0.413. The number of hydrogen-bond acceptors (Lipinski definition) is 3. The van der Waals surface area contributed by atoms with Crippen LogP contribution >= 0.6 is 24.0 Å². The number of guanidine groups is 1. The molecular formula is C18H29IN6. The molecule has 6 nitrogen and oxygen atoms in total. The van der Waals surface area contributed by atoms with E-state index in [1.165, 1.54) is 22.5 Å². The summed E-state index contributed by atoms with van der Waals surface area (Å²) in [5, 5.41) is 11.2. The van der Waals surface area contributed by atoms with Crippen molar-refractivity contribution in [2.75, 3.05) is 26.0 Å². The summed E-state index contributed by atoms with van der Waals surface area (Å²) in [6.07, 6.45) is 0. The minimum absolute atomic E-state index is 0. The van der Waals surface area contributed by atoms with Gasteiger partial charge in [-0.25, -0.2) is 0 Å². The number of rotatable bonds is 5. The molecule has 0 fully saturated rings. The smallest absolute Gasteiger partial charge is 0.191 e. The fraction of sp³-hybridized carbons (Fsp3) is 0.444. The lowest BCUT2D eigenvalue weighted by Gasteiger charge is -2.15. The zero-order chi connectivity index (χ0) is 17.7. The normalized spacial score (nSPS) is 11.0. The SMILES string of the molecule is CN=C(NCc1cccc(N(C)C)c1)NCc1c(C)nn(C)c1C.I. The predicted octanol–water partition coefficient (Wildman–Crippen LogP) is 2.59. The maximum atomic E-state index is 4.45. The molecule has 1 heterocycles. The Morgan fingerprint density at radius 1 is 1.20 bits per heavy atom. The highest BCUT2D eigenvalue weighted by atomic mass is 127. The molecule has 1 aromatic heterocycles. The van der Waals surface area contributed by atoms with Crippen molar-refractivity contribution in [2.24, 2.45) is 12.0 Å². The van der Waals surface area contributed by atoms with Crippen molar-refractivity contribution in [1.29, 1.82) is 0 Å². The summed E-state index contributed by atoms with van der Waals surface area (Å²) < 4.78 is 1.91. The first kappa shape index (κ1) is 21.3. The number of aryl methyl sites for hydroxylation is 2. The Balaban J connectivity index is 0.00000312. The first-order valence-electron chi connectivity index (χ1n) is 8.12. The third kappa shape index (κ3) is 5.62. The Bertz CT molecular complexity index is 720. The highest BCUT2D eigenvalue weighted by molar-refractivity contribution is 14.0. The van der Waals surface area contributed by atoms with Gasteiger partial charge in [0.05, 0.1) is 5.69 Å². The maximum Gasteiger partial charge on any atom is 0.191 e. The van der Waals surface area contributed by atoms with E-state index in [4.69, 9.17) is 0 Å². The van der Waals surface area contributed by atoms with Gasteiger partial charge in [-0.05, 0) is 31.5 Å². The largest absolute Gasteiger partial charge is 0.378 e. The molecule has 7 heteroatoms. The van der Waals surface area contributed by atoms with E-state index in [1.807, 2.05) is 32.7 Å². The number of nitrogens with zero attached hydrogens (tertiary/aromatic N) is 4. The summed E-state index contributed by atoms with van der Waals surface area (Å²) in [5.74, 6) is 0.785. The number of anilines is 1. The molecule has 0 aliphatic heterocycles. The van der Waals surface area contributed by atoms with Crippen molar-refractivity contribution in [3.63, 3.8) is 0 Å². The fourth-order valence-electron chi connectivity index (χ4n) is 2.60. The molecule has 0 saturated carbocycles. The molecule has 2 aromatic rings.